The number of rotatable bonds is 4. The fourth-order valence-corrected chi connectivity index (χ4v) is 1.43. The lowest BCUT2D eigenvalue weighted by atomic mass is 10.1. The summed E-state index contributed by atoms with van der Waals surface area (Å²) in [6.07, 6.45) is 0. The van der Waals surface area contributed by atoms with Crippen molar-refractivity contribution in [1.82, 2.24) is 0 Å². The van der Waals surface area contributed by atoms with Crippen LogP contribution in [0.3, 0.4) is 0 Å². The van der Waals surface area contributed by atoms with E-state index in [9.17, 15) is 10.1 Å². The first kappa shape index (κ1) is 12.4. The van der Waals surface area contributed by atoms with Gasteiger partial charge in [-0.25, -0.2) is 0 Å². The van der Waals surface area contributed by atoms with E-state index in [0.29, 0.717) is 11.3 Å². The van der Waals surface area contributed by atoms with Gasteiger partial charge >= 0.3 is 0 Å². The fraction of sp³-hybridized carbons (Fsp3) is 0.400. The fourth-order valence-electron chi connectivity index (χ4n) is 1.43. The van der Waals surface area contributed by atoms with E-state index in [0.717, 1.165) is 0 Å². The first-order valence-corrected chi connectivity index (χ1v) is 4.88. The van der Waals surface area contributed by atoms with Crippen LogP contribution >= 0.6 is 0 Å². The Balaban J connectivity index is 3.23. The molecule has 0 saturated heterocycles. The van der Waals surface area contributed by atoms with E-state index in [4.69, 9.17) is 11.5 Å². The molecular weight excluding hydrogens is 208 g/mol. The minimum atomic E-state index is -0.415. The monoisotopic (exact) mass is 224 g/mol. The van der Waals surface area contributed by atoms with Crippen LogP contribution in [-0.4, -0.2) is 25.6 Å². The molecule has 6 heteroatoms. The van der Waals surface area contributed by atoms with Crippen molar-refractivity contribution in [3.05, 3.63) is 33.9 Å². The summed E-state index contributed by atoms with van der Waals surface area (Å²) in [6.45, 7) is 0.262. The zero-order valence-electron chi connectivity index (χ0n) is 9.38. The summed E-state index contributed by atoms with van der Waals surface area (Å²) in [5, 5.41) is 10.9. The molecule has 1 atom stereocenters. The van der Waals surface area contributed by atoms with Crippen molar-refractivity contribution in [3.63, 3.8) is 0 Å². The van der Waals surface area contributed by atoms with Gasteiger partial charge in [-0.2, -0.15) is 0 Å². The van der Waals surface area contributed by atoms with E-state index >= 15 is 0 Å². The Morgan fingerprint density at radius 3 is 2.56 bits per heavy atom. The number of nitrogens with two attached hydrogens (primary N) is 2. The zero-order chi connectivity index (χ0) is 12.3. The molecule has 0 radical (unpaired) electrons. The van der Waals surface area contributed by atoms with Gasteiger partial charge in [0.25, 0.3) is 5.69 Å². The van der Waals surface area contributed by atoms with E-state index in [1.807, 2.05) is 0 Å². The number of hydrogen-bond acceptors (Lipinski definition) is 5. The highest BCUT2D eigenvalue weighted by Gasteiger charge is 2.17. The normalized spacial score (nSPS) is 12.2. The van der Waals surface area contributed by atoms with Crippen molar-refractivity contribution in [2.45, 2.75) is 6.04 Å². The molecule has 0 heterocycles. The van der Waals surface area contributed by atoms with Gasteiger partial charge in [-0.1, -0.05) is 6.07 Å². The average Bonchev–Trinajstić information content (AvgIpc) is 2.26. The number of nitro benzene ring substituents is 1. The summed E-state index contributed by atoms with van der Waals surface area (Å²) < 4.78 is 0. The van der Waals surface area contributed by atoms with E-state index in [2.05, 4.69) is 0 Å². The SMILES string of the molecule is CN(C)c1ccc([C@@H](N)CN)cc1[N+](=O)[O-]. The minimum absolute atomic E-state index is 0.0476. The first-order valence-electron chi connectivity index (χ1n) is 4.88. The Labute approximate surface area is 94.0 Å². The molecule has 0 saturated carbocycles. The van der Waals surface area contributed by atoms with Crippen LogP contribution in [0.25, 0.3) is 0 Å². The van der Waals surface area contributed by atoms with Crippen molar-refractivity contribution in [2.75, 3.05) is 25.5 Å². The molecule has 0 aromatic heterocycles. The molecule has 0 aliphatic rings. The van der Waals surface area contributed by atoms with Gasteiger partial charge in [0.15, 0.2) is 0 Å². The predicted octanol–water partition coefficient (Wildman–Crippen LogP) is 0.619. The molecule has 0 fully saturated rings. The minimum Gasteiger partial charge on any atom is -0.372 e. The quantitative estimate of drug-likeness (QED) is 0.577. The highest BCUT2D eigenvalue weighted by molar-refractivity contribution is 5.63. The van der Waals surface area contributed by atoms with Gasteiger partial charge in [0.1, 0.15) is 5.69 Å². The lowest BCUT2D eigenvalue weighted by molar-refractivity contribution is -0.384. The molecule has 0 aliphatic heterocycles. The highest BCUT2D eigenvalue weighted by Crippen LogP contribution is 2.29. The van der Waals surface area contributed by atoms with Crippen LogP contribution in [0.4, 0.5) is 11.4 Å². The van der Waals surface area contributed by atoms with Crippen molar-refractivity contribution in [3.8, 4) is 0 Å². The molecule has 0 aliphatic carbocycles. The molecule has 1 aromatic carbocycles. The number of nitrogens with zero attached hydrogens (tertiary/aromatic N) is 2. The van der Waals surface area contributed by atoms with Crippen LogP contribution in [0.15, 0.2) is 18.2 Å². The van der Waals surface area contributed by atoms with E-state index in [1.54, 1.807) is 31.1 Å². The van der Waals surface area contributed by atoms with E-state index in [-0.39, 0.29) is 18.3 Å². The van der Waals surface area contributed by atoms with Gasteiger partial charge < -0.3 is 16.4 Å². The third kappa shape index (κ3) is 2.47. The largest absolute Gasteiger partial charge is 0.372 e. The van der Waals surface area contributed by atoms with Crippen LogP contribution in [-0.2, 0) is 0 Å². The molecule has 1 rings (SSSR count). The molecule has 0 spiro atoms. The van der Waals surface area contributed by atoms with Gasteiger partial charge in [0.05, 0.1) is 4.92 Å². The third-order valence-corrected chi connectivity index (χ3v) is 2.36. The second-order valence-electron chi connectivity index (χ2n) is 3.74. The first-order chi connectivity index (χ1) is 7.47. The molecule has 0 unspecified atom stereocenters. The Kier molecular flexibility index (Phi) is 3.81. The van der Waals surface area contributed by atoms with Crippen molar-refractivity contribution in [1.29, 1.82) is 0 Å². The second-order valence-corrected chi connectivity index (χ2v) is 3.74. The van der Waals surface area contributed by atoms with Crippen molar-refractivity contribution < 1.29 is 4.92 Å². The Hall–Kier alpha value is -1.66. The average molecular weight is 224 g/mol. The van der Waals surface area contributed by atoms with Crippen molar-refractivity contribution in [2.24, 2.45) is 11.5 Å². The second kappa shape index (κ2) is 4.91. The Morgan fingerprint density at radius 1 is 1.50 bits per heavy atom. The number of nitro groups is 1. The van der Waals surface area contributed by atoms with Gasteiger partial charge in [0, 0.05) is 32.7 Å². The molecule has 4 N–H and O–H groups in total. The highest BCUT2D eigenvalue weighted by atomic mass is 16.6. The molecule has 0 bridgehead atoms. The molecule has 88 valence electrons. The van der Waals surface area contributed by atoms with Gasteiger partial charge in [-0.05, 0) is 11.6 Å². The predicted molar refractivity (Wildman–Crippen MR) is 63.4 cm³/mol. The van der Waals surface area contributed by atoms with Crippen LogP contribution < -0.4 is 16.4 Å². The van der Waals surface area contributed by atoms with Crippen molar-refractivity contribution >= 4 is 11.4 Å². The van der Waals surface area contributed by atoms with Gasteiger partial charge in [-0.3, -0.25) is 10.1 Å². The summed E-state index contributed by atoms with van der Waals surface area (Å²) in [5.74, 6) is 0. The molecule has 0 amide bonds. The summed E-state index contributed by atoms with van der Waals surface area (Å²) >= 11 is 0. The number of benzene rings is 1. The Bertz CT molecular complexity index is 392. The number of hydrogen-bond donors (Lipinski definition) is 2. The maximum Gasteiger partial charge on any atom is 0.292 e. The van der Waals surface area contributed by atoms with Crippen LogP contribution in [0.1, 0.15) is 11.6 Å². The van der Waals surface area contributed by atoms with Crippen LogP contribution in [0, 0.1) is 10.1 Å². The van der Waals surface area contributed by atoms with E-state index in [1.165, 1.54) is 6.07 Å². The van der Waals surface area contributed by atoms with E-state index < -0.39 is 4.92 Å². The smallest absolute Gasteiger partial charge is 0.292 e. The summed E-state index contributed by atoms with van der Waals surface area (Å²) in [6, 6.07) is 4.56. The van der Waals surface area contributed by atoms with Crippen LogP contribution in [0.2, 0.25) is 0 Å². The van der Waals surface area contributed by atoms with Gasteiger partial charge in [-0.15, -0.1) is 0 Å². The lowest BCUT2D eigenvalue weighted by Gasteiger charge is -2.15. The summed E-state index contributed by atoms with van der Waals surface area (Å²) in [4.78, 5) is 12.2. The maximum atomic E-state index is 10.9. The maximum absolute atomic E-state index is 10.9. The molecular formula is C10H16N4O2. The lowest BCUT2D eigenvalue weighted by Crippen LogP contribution is -2.21. The summed E-state index contributed by atoms with van der Waals surface area (Å²) in [5.41, 5.74) is 12.4. The molecule has 6 nitrogen and oxygen atoms in total. The molecule has 1 aromatic rings. The number of anilines is 1. The Morgan fingerprint density at radius 2 is 2.12 bits per heavy atom. The van der Waals surface area contributed by atoms with Gasteiger partial charge in [0.2, 0.25) is 0 Å². The summed E-state index contributed by atoms with van der Waals surface area (Å²) in [7, 11) is 3.51. The third-order valence-electron chi connectivity index (χ3n) is 2.36. The topological polar surface area (TPSA) is 98.4 Å². The van der Waals surface area contributed by atoms with Crippen LogP contribution in [0.5, 0.6) is 0 Å². The standard InChI is InChI=1S/C10H16N4O2/c1-13(2)9-4-3-7(8(12)6-11)5-10(9)14(15)16/h3-5,8H,6,11-12H2,1-2H3/t8-/m0/s1. The zero-order valence-corrected chi connectivity index (χ0v) is 9.38. The molecule has 16 heavy (non-hydrogen) atoms.